The van der Waals surface area contributed by atoms with Crippen molar-refractivity contribution in [2.24, 2.45) is 11.0 Å². The lowest BCUT2D eigenvalue weighted by Crippen LogP contribution is -2.10. The molecule has 1 aromatic rings. The van der Waals surface area contributed by atoms with Crippen LogP contribution >= 0.6 is 19.2 Å². The minimum absolute atomic E-state index is 0.0957. The third-order valence-electron chi connectivity index (χ3n) is 0.576. The van der Waals surface area contributed by atoms with Gasteiger partial charge in [-0.1, -0.05) is 9.59 Å². The van der Waals surface area contributed by atoms with Gasteiger partial charge in [-0.25, -0.2) is 15.6 Å². The molecule has 10 heavy (non-hydrogen) atoms. The van der Waals surface area contributed by atoms with E-state index in [4.69, 9.17) is 11.0 Å². The first-order valence-electron chi connectivity index (χ1n) is 2.22. The summed E-state index contributed by atoms with van der Waals surface area (Å²) in [7, 11) is -3.45. The van der Waals surface area contributed by atoms with E-state index in [9.17, 15) is 4.57 Å². The molecule has 0 saturated carbocycles. The topological polar surface area (TPSA) is 104 Å². The summed E-state index contributed by atoms with van der Waals surface area (Å²) in [6.07, 6.45) is 0. The van der Waals surface area contributed by atoms with Crippen molar-refractivity contribution in [3.8, 4) is 5.88 Å². The van der Waals surface area contributed by atoms with Crippen LogP contribution in [0.5, 0.6) is 5.88 Å². The normalized spacial score (nSPS) is 11.4. The molecule has 0 aliphatic rings. The van der Waals surface area contributed by atoms with Crippen LogP contribution in [-0.2, 0) is 4.57 Å². The maximum atomic E-state index is 10.6. The van der Waals surface area contributed by atoms with E-state index >= 15 is 0 Å². The van der Waals surface area contributed by atoms with Gasteiger partial charge in [0, 0.05) is 0 Å². The van der Waals surface area contributed by atoms with Crippen molar-refractivity contribution in [1.82, 2.24) is 9.59 Å². The van der Waals surface area contributed by atoms with Crippen molar-refractivity contribution < 1.29 is 9.09 Å². The highest BCUT2D eigenvalue weighted by Crippen LogP contribution is 2.28. The van der Waals surface area contributed by atoms with Crippen molar-refractivity contribution in [3.63, 3.8) is 0 Å². The number of hydrogen-bond acceptors (Lipinski definition) is 5. The van der Waals surface area contributed by atoms with Gasteiger partial charge < -0.3 is 4.52 Å². The molecule has 0 aromatic carbocycles. The molecule has 56 valence electrons. The molecule has 0 atom stereocenters. The Morgan fingerprint density at radius 2 is 2.40 bits per heavy atom. The molecule has 0 amide bonds. The van der Waals surface area contributed by atoms with Crippen LogP contribution < -0.4 is 15.5 Å². The average molecular weight is 180 g/mol. The van der Waals surface area contributed by atoms with Crippen LogP contribution in [0.15, 0.2) is 5.38 Å². The van der Waals surface area contributed by atoms with Crippen molar-refractivity contribution in [3.05, 3.63) is 5.38 Å². The number of hydrogen-bond donors (Lipinski definition) is 2. The first-order valence-corrected chi connectivity index (χ1v) is 4.82. The molecule has 6 nitrogen and oxygen atoms in total. The highest BCUT2D eigenvalue weighted by atomic mass is 32.1. The van der Waals surface area contributed by atoms with Gasteiger partial charge in [-0.2, -0.15) is 0 Å². The minimum atomic E-state index is -3.45. The van der Waals surface area contributed by atoms with Crippen LogP contribution in [0.2, 0.25) is 0 Å². The Morgan fingerprint density at radius 1 is 1.70 bits per heavy atom. The molecular formula is C2H5N4O2PS. The Balaban J connectivity index is 2.66. The summed E-state index contributed by atoms with van der Waals surface area (Å²) in [5.41, 5.74) is 9.75. The average Bonchev–Trinajstić information content (AvgIpc) is 2.12. The minimum Gasteiger partial charge on any atom is -0.401 e. The Kier molecular flexibility index (Phi) is 2.00. The van der Waals surface area contributed by atoms with E-state index in [0.29, 0.717) is 0 Å². The summed E-state index contributed by atoms with van der Waals surface area (Å²) in [6, 6.07) is 0. The summed E-state index contributed by atoms with van der Waals surface area (Å²) < 4.78 is 18.5. The second-order valence-corrected chi connectivity index (χ2v) is 3.56. The smallest absolute Gasteiger partial charge is 0.386 e. The van der Waals surface area contributed by atoms with Gasteiger partial charge in [0.05, 0.1) is 5.38 Å². The van der Waals surface area contributed by atoms with E-state index in [1.165, 1.54) is 5.38 Å². The fraction of sp³-hybridized carbons (Fsp3) is 0. The molecule has 0 spiro atoms. The second-order valence-electron chi connectivity index (χ2n) is 1.48. The molecule has 0 saturated heterocycles. The zero-order chi connectivity index (χ0) is 7.61. The largest absolute Gasteiger partial charge is 0.401 e. The van der Waals surface area contributed by atoms with Crippen LogP contribution in [0.25, 0.3) is 0 Å². The highest BCUT2D eigenvalue weighted by Gasteiger charge is 2.11. The van der Waals surface area contributed by atoms with Crippen LogP contribution in [0.3, 0.4) is 0 Å². The third kappa shape index (κ3) is 2.40. The maximum absolute atomic E-state index is 10.6. The van der Waals surface area contributed by atoms with E-state index in [1.807, 2.05) is 0 Å². The van der Waals surface area contributed by atoms with Crippen molar-refractivity contribution in [1.29, 1.82) is 0 Å². The lowest BCUT2D eigenvalue weighted by atomic mass is 10.9. The Morgan fingerprint density at radius 3 is 2.80 bits per heavy atom. The lowest BCUT2D eigenvalue weighted by Gasteiger charge is -2.03. The van der Waals surface area contributed by atoms with Crippen LogP contribution in [0.4, 0.5) is 0 Å². The number of rotatable bonds is 2. The number of nitrogens with two attached hydrogens (primary N) is 2. The van der Waals surface area contributed by atoms with Crippen LogP contribution in [-0.4, -0.2) is 9.59 Å². The van der Waals surface area contributed by atoms with Gasteiger partial charge in [0.15, 0.2) is 0 Å². The lowest BCUT2D eigenvalue weighted by molar-refractivity contribution is 0.473. The fourth-order valence-electron chi connectivity index (χ4n) is 0.342. The quantitative estimate of drug-likeness (QED) is 0.618. The van der Waals surface area contributed by atoms with E-state index in [1.54, 1.807) is 0 Å². The number of nitrogens with zero attached hydrogens (tertiary/aromatic N) is 2. The summed E-state index contributed by atoms with van der Waals surface area (Å²) in [6.45, 7) is 0. The molecule has 0 bridgehead atoms. The Bertz CT molecular complexity index is 242. The first-order chi connectivity index (χ1) is 4.58. The summed E-state index contributed by atoms with van der Waals surface area (Å²) >= 11 is 1.06. The van der Waals surface area contributed by atoms with Crippen molar-refractivity contribution >= 4 is 19.2 Å². The van der Waals surface area contributed by atoms with E-state index < -0.39 is 7.67 Å². The van der Waals surface area contributed by atoms with Gasteiger partial charge in [0.1, 0.15) is 0 Å². The van der Waals surface area contributed by atoms with E-state index in [-0.39, 0.29) is 5.88 Å². The molecule has 0 aliphatic carbocycles. The van der Waals surface area contributed by atoms with Crippen LogP contribution in [0.1, 0.15) is 0 Å². The zero-order valence-electron chi connectivity index (χ0n) is 4.80. The predicted molar refractivity (Wildman–Crippen MR) is 36.5 cm³/mol. The van der Waals surface area contributed by atoms with Gasteiger partial charge in [-0.15, -0.1) is 0 Å². The number of aromatic nitrogens is 2. The highest BCUT2D eigenvalue weighted by molar-refractivity contribution is 7.54. The maximum Gasteiger partial charge on any atom is 0.386 e. The molecule has 0 fully saturated rings. The zero-order valence-corrected chi connectivity index (χ0v) is 6.51. The summed E-state index contributed by atoms with van der Waals surface area (Å²) in [5.74, 6) is 0.0957. The molecule has 0 unspecified atom stereocenters. The molecule has 8 heteroatoms. The van der Waals surface area contributed by atoms with E-state index in [2.05, 4.69) is 14.1 Å². The summed E-state index contributed by atoms with van der Waals surface area (Å²) in [4.78, 5) is 0. The van der Waals surface area contributed by atoms with E-state index in [0.717, 1.165) is 11.5 Å². The molecule has 0 aliphatic heterocycles. The fourth-order valence-corrected chi connectivity index (χ4v) is 1.16. The molecule has 0 radical (unpaired) electrons. The van der Waals surface area contributed by atoms with Crippen molar-refractivity contribution in [2.75, 3.05) is 0 Å². The first kappa shape index (κ1) is 7.62. The van der Waals surface area contributed by atoms with Gasteiger partial charge in [-0.05, 0) is 11.5 Å². The Labute approximate surface area is 60.9 Å². The predicted octanol–water partition coefficient (Wildman–Crippen LogP) is -0.0576. The standard InChI is InChI=1S/C2H5N4O2PS/c3-9(4,7)8-2-1-10-6-5-2/h1H,(H4,3,4,7). The molecule has 1 rings (SSSR count). The van der Waals surface area contributed by atoms with Gasteiger partial charge in [0.25, 0.3) is 5.88 Å². The second kappa shape index (κ2) is 2.63. The van der Waals surface area contributed by atoms with Gasteiger partial charge >= 0.3 is 7.67 Å². The molecular weight excluding hydrogens is 175 g/mol. The Hall–Kier alpha value is -0.490. The molecule has 1 heterocycles. The molecule has 4 N–H and O–H groups in total. The SMILES string of the molecule is NP(N)(=O)Oc1csnn1. The van der Waals surface area contributed by atoms with Crippen molar-refractivity contribution in [2.45, 2.75) is 0 Å². The molecule has 1 aromatic heterocycles. The van der Waals surface area contributed by atoms with Gasteiger partial charge in [0.2, 0.25) is 0 Å². The monoisotopic (exact) mass is 180 g/mol. The van der Waals surface area contributed by atoms with Crippen LogP contribution in [0, 0.1) is 0 Å². The third-order valence-corrected chi connectivity index (χ3v) is 1.53. The summed E-state index contributed by atoms with van der Waals surface area (Å²) in [5, 5.41) is 4.87. The van der Waals surface area contributed by atoms with Gasteiger partial charge in [-0.3, -0.25) is 0 Å².